The molecule has 1 fully saturated rings. The molecule has 1 saturated carbocycles. The average molecular weight is 315 g/mol. The van der Waals surface area contributed by atoms with E-state index in [4.69, 9.17) is 11.6 Å². The van der Waals surface area contributed by atoms with E-state index < -0.39 is 0 Å². The number of nitrogens with one attached hydrogen (secondary N) is 2. The van der Waals surface area contributed by atoms with Gasteiger partial charge in [0.2, 0.25) is 0 Å². The zero-order valence-electron chi connectivity index (χ0n) is 12.3. The molecule has 0 heterocycles. The highest BCUT2D eigenvalue weighted by Gasteiger charge is 2.14. The van der Waals surface area contributed by atoms with Crippen molar-refractivity contribution in [3.05, 3.63) is 59.1 Å². The maximum absolute atomic E-state index is 12.1. The van der Waals surface area contributed by atoms with Crippen molar-refractivity contribution >= 4 is 28.9 Å². The molecule has 0 spiro atoms. The van der Waals surface area contributed by atoms with E-state index in [1.807, 2.05) is 24.3 Å². The van der Waals surface area contributed by atoms with Crippen molar-refractivity contribution in [2.45, 2.75) is 31.7 Å². The number of benzene rings is 2. The van der Waals surface area contributed by atoms with Gasteiger partial charge in [0.05, 0.1) is 0 Å². The molecule has 0 radical (unpaired) electrons. The Hall–Kier alpha value is -2.00. The molecular formula is C18H19ClN2O. The molecule has 4 heteroatoms. The second-order valence-corrected chi connectivity index (χ2v) is 6.10. The van der Waals surface area contributed by atoms with Gasteiger partial charge in [-0.2, -0.15) is 0 Å². The summed E-state index contributed by atoms with van der Waals surface area (Å²) in [7, 11) is 0. The Morgan fingerprint density at radius 1 is 0.909 bits per heavy atom. The summed E-state index contributed by atoms with van der Waals surface area (Å²) in [5.41, 5.74) is 2.49. The van der Waals surface area contributed by atoms with Gasteiger partial charge in [0.15, 0.2) is 0 Å². The predicted molar refractivity (Wildman–Crippen MR) is 91.7 cm³/mol. The van der Waals surface area contributed by atoms with E-state index in [-0.39, 0.29) is 5.91 Å². The Morgan fingerprint density at radius 3 is 2.14 bits per heavy atom. The third kappa shape index (κ3) is 3.80. The van der Waals surface area contributed by atoms with Gasteiger partial charge < -0.3 is 10.6 Å². The molecule has 1 aliphatic rings. The lowest BCUT2D eigenvalue weighted by Crippen LogP contribution is -2.14. The molecule has 114 valence electrons. The summed E-state index contributed by atoms with van der Waals surface area (Å²) >= 11 is 5.83. The van der Waals surface area contributed by atoms with Gasteiger partial charge in [-0.3, -0.25) is 4.79 Å². The molecule has 0 aliphatic heterocycles. The number of halogens is 1. The minimum Gasteiger partial charge on any atom is -0.382 e. The van der Waals surface area contributed by atoms with E-state index in [0.717, 1.165) is 11.4 Å². The largest absolute Gasteiger partial charge is 0.382 e. The van der Waals surface area contributed by atoms with Crippen molar-refractivity contribution < 1.29 is 4.79 Å². The van der Waals surface area contributed by atoms with Gasteiger partial charge in [-0.05, 0) is 61.4 Å². The molecule has 22 heavy (non-hydrogen) atoms. The van der Waals surface area contributed by atoms with Crippen LogP contribution in [0.4, 0.5) is 11.4 Å². The maximum Gasteiger partial charge on any atom is 0.255 e. The smallest absolute Gasteiger partial charge is 0.255 e. The van der Waals surface area contributed by atoms with Crippen molar-refractivity contribution in [2.24, 2.45) is 0 Å². The van der Waals surface area contributed by atoms with Gasteiger partial charge >= 0.3 is 0 Å². The van der Waals surface area contributed by atoms with Crippen LogP contribution in [0.5, 0.6) is 0 Å². The van der Waals surface area contributed by atoms with Crippen molar-refractivity contribution in [1.82, 2.24) is 0 Å². The van der Waals surface area contributed by atoms with E-state index >= 15 is 0 Å². The van der Waals surface area contributed by atoms with Crippen LogP contribution in [-0.4, -0.2) is 11.9 Å². The summed E-state index contributed by atoms with van der Waals surface area (Å²) in [6.45, 7) is 0. The Morgan fingerprint density at radius 2 is 1.50 bits per heavy atom. The molecule has 0 saturated heterocycles. The fourth-order valence-electron chi connectivity index (χ4n) is 2.76. The molecule has 2 N–H and O–H groups in total. The molecule has 0 bridgehead atoms. The minimum atomic E-state index is -0.131. The van der Waals surface area contributed by atoms with Crippen LogP contribution in [0.3, 0.4) is 0 Å². The van der Waals surface area contributed by atoms with Crippen molar-refractivity contribution in [2.75, 3.05) is 10.6 Å². The molecule has 1 amide bonds. The monoisotopic (exact) mass is 314 g/mol. The number of anilines is 2. The lowest BCUT2D eigenvalue weighted by molar-refractivity contribution is 0.102. The van der Waals surface area contributed by atoms with Crippen LogP contribution >= 0.6 is 11.6 Å². The summed E-state index contributed by atoms with van der Waals surface area (Å²) in [5.74, 6) is -0.131. The molecule has 0 unspecified atom stereocenters. The Bertz CT molecular complexity index is 631. The van der Waals surface area contributed by atoms with Gasteiger partial charge in [0, 0.05) is 28.0 Å². The molecular weight excluding hydrogens is 296 g/mol. The van der Waals surface area contributed by atoms with E-state index in [2.05, 4.69) is 10.6 Å². The highest BCUT2D eigenvalue weighted by Crippen LogP contribution is 2.23. The number of hydrogen-bond donors (Lipinski definition) is 2. The first-order valence-electron chi connectivity index (χ1n) is 7.64. The van der Waals surface area contributed by atoms with Crippen molar-refractivity contribution in [1.29, 1.82) is 0 Å². The van der Waals surface area contributed by atoms with Crippen LogP contribution in [0.15, 0.2) is 48.5 Å². The summed E-state index contributed by atoms with van der Waals surface area (Å²) in [6, 6.07) is 15.3. The van der Waals surface area contributed by atoms with Crippen LogP contribution in [0.1, 0.15) is 36.0 Å². The van der Waals surface area contributed by atoms with Crippen LogP contribution in [0.2, 0.25) is 5.02 Å². The second kappa shape index (κ2) is 6.84. The number of carbonyl (C=O) groups excluding carboxylic acids is 1. The average Bonchev–Trinajstić information content (AvgIpc) is 3.03. The van der Waals surface area contributed by atoms with Crippen LogP contribution in [0.25, 0.3) is 0 Å². The van der Waals surface area contributed by atoms with Gasteiger partial charge in [-0.25, -0.2) is 0 Å². The minimum absolute atomic E-state index is 0.131. The molecule has 0 aromatic heterocycles. The lowest BCUT2D eigenvalue weighted by atomic mass is 10.2. The quantitative estimate of drug-likeness (QED) is 0.838. The number of carbonyl (C=O) groups is 1. The summed E-state index contributed by atoms with van der Waals surface area (Å²) in [6.07, 6.45) is 5.11. The van der Waals surface area contributed by atoms with Gasteiger partial charge in [-0.15, -0.1) is 0 Å². The maximum atomic E-state index is 12.1. The normalized spacial score (nSPS) is 14.8. The topological polar surface area (TPSA) is 41.1 Å². The molecule has 3 nitrogen and oxygen atoms in total. The Kier molecular flexibility index (Phi) is 4.64. The fraction of sp³-hybridized carbons (Fsp3) is 0.278. The lowest BCUT2D eigenvalue weighted by Gasteiger charge is -2.14. The van der Waals surface area contributed by atoms with Gasteiger partial charge in [-0.1, -0.05) is 24.4 Å². The summed E-state index contributed by atoms with van der Waals surface area (Å²) < 4.78 is 0. The fourth-order valence-corrected chi connectivity index (χ4v) is 2.89. The first-order chi connectivity index (χ1) is 10.7. The van der Waals surface area contributed by atoms with E-state index in [9.17, 15) is 4.79 Å². The third-order valence-electron chi connectivity index (χ3n) is 3.98. The van der Waals surface area contributed by atoms with E-state index in [1.54, 1.807) is 24.3 Å². The van der Waals surface area contributed by atoms with Crippen LogP contribution < -0.4 is 10.6 Å². The first kappa shape index (κ1) is 14.9. The van der Waals surface area contributed by atoms with E-state index in [1.165, 1.54) is 25.7 Å². The molecule has 0 atom stereocenters. The Balaban J connectivity index is 1.60. The van der Waals surface area contributed by atoms with E-state index in [0.29, 0.717) is 16.6 Å². The molecule has 2 aromatic rings. The summed E-state index contributed by atoms with van der Waals surface area (Å²) in [5, 5.41) is 7.04. The third-order valence-corrected chi connectivity index (χ3v) is 4.23. The van der Waals surface area contributed by atoms with Crippen molar-refractivity contribution in [3.8, 4) is 0 Å². The molecule has 2 aromatic carbocycles. The second-order valence-electron chi connectivity index (χ2n) is 5.66. The zero-order valence-corrected chi connectivity index (χ0v) is 13.1. The SMILES string of the molecule is O=C(Nc1ccc(NC2CCCC2)cc1)c1ccc(Cl)cc1. The number of amides is 1. The predicted octanol–water partition coefficient (Wildman–Crippen LogP) is 4.95. The number of hydrogen-bond acceptors (Lipinski definition) is 2. The first-order valence-corrected chi connectivity index (χ1v) is 8.02. The van der Waals surface area contributed by atoms with Crippen LogP contribution in [0, 0.1) is 0 Å². The Labute approximate surface area is 135 Å². The zero-order chi connectivity index (χ0) is 15.4. The number of rotatable bonds is 4. The van der Waals surface area contributed by atoms with Gasteiger partial charge in [0.1, 0.15) is 0 Å². The molecule has 3 rings (SSSR count). The standard InChI is InChI=1S/C18H19ClN2O/c19-14-7-5-13(6-8-14)18(22)21-17-11-9-16(10-12-17)20-15-3-1-2-4-15/h5-12,15,20H,1-4H2,(H,21,22). The van der Waals surface area contributed by atoms with Crippen LogP contribution in [-0.2, 0) is 0 Å². The highest BCUT2D eigenvalue weighted by atomic mass is 35.5. The van der Waals surface area contributed by atoms with Gasteiger partial charge in [0.25, 0.3) is 5.91 Å². The summed E-state index contributed by atoms with van der Waals surface area (Å²) in [4.78, 5) is 12.1. The molecule has 1 aliphatic carbocycles. The highest BCUT2D eigenvalue weighted by molar-refractivity contribution is 6.30. The van der Waals surface area contributed by atoms with Crippen molar-refractivity contribution in [3.63, 3.8) is 0 Å².